The van der Waals surface area contributed by atoms with Crippen molar-refractivity contribution in [1.82, 2.24) is 19.2 Å². The van der Waals surface area contributed by atoms with Crippen LogP contribution in [-0.4, -0.2) is 65.9 Å². The van der Waals surface area contributed by atoms with Gasteiger partial charge in [-0.25, -0.2) is 17.8 Å². The summed E-state index contributed by atoms with van der Waals surface area (Å²) in [5.41, 5.74) is 3.67. The van der Waals surface area contributed by atoms with Crippen molar-refractivity contribution in [3.63, 3.8) is 0 Å². The van der Waals surface area contributed by atoms with Crippen molar-refractivity contribution in [3.05, 3.63) is 87.9 Å². The Morgan fingerprint density at radius 2 is 1.74 bits per heavy atom. The van der Waals surface area contributed by atoms with Gasteiger partial charge in [0, 0.05) is 55.1 Å². The lowest BCUT2D eigenvalue weighted by molar-refractivity contribution is 0.0627. The molecule has 0 saturated carbocycles. The van der Waals surface area contributed by atoms with Crippen molar-refractivity contribution < 1.29 is 17.6 Å². The zero-order valence-corrected chi connectivity index (χ0v) is 22.7. The van der Waals surface area contributed by atoms with Gasteiger partial charge in [0.05, 0.1) is 28.4 Å². The number of hydrogen-bond donors (Lipinski definition) is 1. The standard InChI is InChI=1S/C26H24Cl2FN5O3S/c1-38(36,37)31-20-7-9-24-30-25(21-8-4-18(27)14-22(21)28)23(34(24)15-20)16-32-10-12-33(13-11-32)26(35)17-2-5-19(29)6-3-17/h2-9,14-15,31H,10-13,16H2,1H3. The summed E-state index contributed by atoms with van der Waals surface area (Å²) >= 11 is 12.7. The number of fused-ring (bicyclic) bond motifs is 1. The normalized spacial score (nSPS) is 14.7. The molecule has 8 nitrogen and oxygen atoms in total. The quantitative estimate of drug-likeness (QED) is 0.357. The van der Waals surface area contributed by atoms with Crippen LogP contribution in [0.4, 0.5) is 10.1 Å². The van der Waals surface area contributed by atoms with E-state index in [0.29, 0.717) is 70.9 Å². The molecule has 2 aromatic heterocycles. The number of imidazole rings is 1. The van der Waals surface area contributed by atoms with Crippen LogP contribution in [0.1, 0.15) is 16.1 Å². The van der Waals surface area contributed by atoms with E-state index in [9.17, 15) is 17.6 Å². The molecule has 1 aliphatic rings. The molecule has 38 heavy (non-hydrogen) atoms. The molecule has 1 saturated heterocycles. The van der Waals surface area contributed by atoms with E-state index < -0.39 is 10.0 Å². The fourth-order valence-electron chi connectivity index (χ4n) is 4.51. The van der Waals surface area contributed by atoms with E-state index in [1.54, 1.807) is 35.4 Å². The minimum Gasteiger partial charge on any atom is -0.336 e. The second-order valence-electron chi connectivity index (χ2n) is 9.13. The van der Waals surface area contributed by atoms with Gasteiger partial charge >= 0.3 is 0 Å². The predicted octanol–water partition coefficient (Wildman–Crippen LogP) is 4.78. The second kappa shape index (κ2) is 10.5. The Bertz CT molecular complexity index is 1620. The van der Waals surface area contributed by atoms with E-state index in [1.165, 1.54) is 24.3 Å². The van der Waals surface area contributed by atoms with Gasteiger partial charge in [0.25, 0.3) is 5.91 Å². The number of benzene rings is 2. The molecule has 4 aromatic rings. The zero-order valence-electron chi connectivity index (χ0n) is 20.4. The number of halogens is 3. The molecule has 1 fully saturated rings. The van der Waals surface area contributed by atoms with Crippen LogP contribution in [0.5, 0.6) is 0 Å². The number of hydrogen-bond acceptors (Lipinski definition) is 5. The van der Waals surface area contributed by atoms with Gasteiger partial charge in [0.15, 0.2) is 0 Å². The van der Waals surface area contributed by atoms with Crippen LogP contribution in [0.25, 0.3) is 16.9 Å². The number of nitrogens with zero attached hydrogens (tertiary/aromatic N) is 4. The van der Waals surface area contributed by atoms with Gasteiger partial charge < -0.3 is 4.90 Å². The smallest absolute Gasteiger partial charge is 0.253 e. The van der Waals surface area contributed by atoms with Crippen molar-refractivity contribution in [2.75, 3.05) is 37.2 Å². The topological polar surface area (TPSA) is 87.0 Å². The van der Waals surface area contributed by atoms with Gasteiger partial charge in [-0.2, -0.15) is 0 Å². The highest BCUT2D eigenvalue weighted by molar-refractivity contribution is 7.92. The molecule has 12 heteroatoms. The Morgan fingerprint density at radius 1 is 1.03 bits per heavy atom. The highest BCUT2D eigenvalue weighted by Crippen LogP contribution is 2.34. The van der Waals surface area contributed by atoms with Crippen molar-refractivity contribution in [2.45, 2.75) is 6.54 Å². The largest absolute Gasteiger partial charge is 0.336 e. The molecule has 2 aromatic carbocycles. The number of rotatable bonds is 6. The number of piperazine rings is 1. The number of nitrogens with one attached hydrogen (secondary N) is 1. The Hall–Kier alpha value is -3.18. The maximum absolute atomic E-state index is 13.3. The van der Waals surface area contributed by atoms with Gasteiger partial charge in [-0.15, -0.1) is 0 Å². The summed E-state index contributed by atoms with van der Waals surface area (Å²) in [5.74, 6) is -0.518. The average molecular weight is 576 g/mol. The van der Waals surface area contributed by atoms with Crippen LogP contribution in [-0.2, 0) is 16.6 Å². The summed E-state index contributed by atoms with van der Waals surface area (Å²) in [6.45, 7) is 2.70. The van der Waals surface area contributed by atoms with E-state index in [2.05, 4.69) is 9.62 Å². The van der Waals surface area contributed by atoms with E-state index in [4.69, 9.17) is 28.2 Å². The van der Waals surface area contributed by atoms with Gasteiger partial charge in [-0.05, 0) is 54.6 Å². The summed E-state index contributed by atoms with van der Waals surface area (Å²) < 4.78 is 41.3. The monoisotopic (exact) mass is 575 g/mol. The van der Waals surface area contributed by atoms with Gasteiger partial charge in [-0.3, -0.25) is 18.8 Å². The molecular weight excluding hydrogens is 552 g/mol. The molecule has 5 rings (SSSR count). The van der Waals surface area contributed by atoms with Crippen LogP contribution < -0.4 is 4.72 Å². The number of pyridine rings is 1. The third-order valence-electron chi connectivity index (χ3n) is 6.33. The number of aromatic nitrogens is 2. The highest BCUT2D eigenvalue weighted by Gasteiger charge is 2.25. The van der Waals surface area contributed by atoms with Crippen molar-refractivity contribution >= 4 is 50.5 Å². The summed E-state index contributed by atoms with van der Waals surface area (Å²) in [7, 11) is -3.47. The lowest BCUT2D eigenvalue weighted by atomic mass is 10.1. The Labute approximate surface area is 229 Å². The zero-order chi connectivity index (χ0) is 27.0. The SMILES string of the molecule is CS(=O)(=O)Nc1ccc2nc(-c3ccc(Cl)cc3Cl)c(CN3CCN(C(=O)c4ccc(F)cc4)CC3)n2c1. The predicted molar refractivity (Wildman–Crippen MR) is 147 cm³/mol. The fraction of sp³-hybridized carbons (Fsp3) is 0.231. The number of amides is 1. The van der Waals surface area contributed by atoms with Crippen molar-refractivity contribution in [3.8, 4) is 11.3 Å². The van der Waals surface area contributed by atoms with Crippen LogP contribution >= 0.6 is 23.2 Å². The van der Waals surface area contributed by atoms with E-state index in [0.717, 1.165) is 11.9 Å². The Kier molecular flexibility index (Phi) is 7.32. The van der Waals surface area contributed by atoms with Gasteiger partial charge in [0.1, 0.15) is 11.5 Å². The maximum atomic E-state index is 13.3. The second-order valence-corrected chi connectivity index (χ2v) is 11.7. The first kappa shape index (κ1) is 26.4. The summed E-state index contributed by atoms with van der Waals surface area (Å²) in [6, 6.07) is 14.2. The van der Waals surface area contributed by atoms with Crippen LogP contribution in [0.3, 0.4) is 0 Å². The highest BCUT2D eigenvalue weighted by atomic mass is 35.5. The first-order chi connectivity index (χ1) is 18.1. The van der Waals surface area contributed by atoms with E-state index in [-0.39, 0.29) is 11.7 Å². The third-order valence-corrected chi connectivity index (χ3v) is 7.49. The first-order valence-corrected chi connectivity index (χ1v) is 14.4. The molecule has 0 radical (unpaired) electrons. The van der Waals surface area contributed by atoms with Gasteiger partial charge in [-0.1, -0.05) is 23.2 Å². The molecule has 198 valence electrons. The number of carbonyl (C=O) groups excluding carboxylic acids is 1. The number of carbonyl (C=O) groups is 1. The van der Waals surface area contributed by atoms with E-state index in [1.807, 2.05) is 10.5 Å². The first-order valence-electron chi connectivity index (χ1n) is 11.8. The van der Waals surface area contributed by atoms with Crippen LogP contribution in [0.2, 0.25) is 10.0 Å². The molecular formula is C26H24Cl2FN5O3S. The lowest BCUT2D eigenvalue weighted by Crippen LogP contribution is -2.48. The minimum absolute atomic E-state index is 0.135. The molecule has 0 atom stereocenters. The molecule has 0 spiro atoms. The number of sulfonamides is 1. The molecule has 1 N–H and O–H groups in total. The summed E-state index contributed by atoms with van der Waals surface area (Å²) in [4.78, 5) is 21.6. The van der Waals surface area contributed by atoms with Crippen LogP contribution in [0.15, 0.2) is 60.8 Å². The third kappa shape index (κ3) is 5.78. The molecule has 0 bridgehead atoms. The van der Waals surface area contributed by atoms with Gasteiger partial charge in [0.2, 0.25) is 10.0 Å². The Morgan fingerprint density at radius 3 is 2.39 bits per heavy atom. The Balaban J connectivity index is 1.44. The molecule has 0 aliphatic carbocycles. The molecule has 1 aliphatic heterocycles. The maximum Gasteiger partial charge on any atom is 0.253 e. The minimum atomic E-state index is -3.47. The average Bonchev–Trinajstić information content (AvgIpc) is 3.21. The number of anilines is 1. The summed E-state index contributed by atoms with van der Waals surface area (Å²) in [5, 5.41) is 0.956. The molecule has 3 heterocycles. The van der Waals surface area contributed by atoms with Crippen LogP contribution in [0, 0.1) is 5.82 Å². The summed E-state index contributed by atoms with van der Waals surface area (Å²) in [6.07, 6.45) is 2.79. The fourth-order valence-corrected chi connectivity index (χ4v) is 5.56. The van der Waals surface area contributed by atoms with Crippen molar-refractivity contribution in [2.24, 2.45) is 0 Å². The van der Waals surface area contributed by atoms with Crippen molar-refractivity contribution in [1.29, 1.82) is 0 Å². The lowest BCUT2D eigenvalue weighted by Gasteiger charge is -2.34. The molecule has 1 amide bonds. The van der Waals surface area contributed by atoms with E-state index >= 15 is 0 Å². The molecule has 0 unspecified atom stereocenters.